The van der Waals surface area contributed by atoms with Crippen LogP contribution in [0.15, 0.2) is 36.7 Å². The van der Waals surface area contributed by atoms with Gasteiger partial charge in [-0.15, -0.1) is 11.8 Å². The van der Waals surface area contributed by atoms with Crippen LogP contribution in [-0.4, -0.2) is 42.3 Å². The van der Waals surface area contributed by atoms with E-state index in [0.29, 0.717) is 18.0 Å². The molecule has 0 bridgehead atoms. The van der Waals surface area contributed by atoms with Gasteiger partial charge >= 0.3 is 0 Å². The summed E-state index contributed by atoms with van der Waals surface area (Å²) in [5, 5.41) is -0.217. The lowest BCUT2D eigenvalue weighted by Gasteiger charge is -2.25. The number of halogens is 1. The molecule has 0 spiro atoms. The number of thioether (sulfide) groups is 1. The lowest BCUT2D eigenvalue weighted by atomic mass is 10.1. The SMILES string of the molecule is COc1ccc(OC)c(C2SCCN2C(=O)c2cncc(F)c2)c1. The first kappa shape index (κ1) is 16.6. The highest BCUT2D eigenvalue weighted by atomic mass is 32.2. The van der Waals surface area contributed by atoms with Crippen LogP contribution in [0.3, 0.4) is 0 Å². The lowest BCUT2D eigenvalue weighted by Crippen LogP contribution is -2.30. The predicted octanol–water partition coefficient (Wildman–Crippen LogP) is 3.13. The summed E-state index contributed by atoms with van der Waals surface area (Å²) in [5.41, 5.74) is 1.10. The largest absolute Gasteiger partial charge is 0.497 e. The third-order valence-electron chi connectivity index (χ3n) is 3.81. The number of pyridine rings is 1. The van der Waals surface area contributed by atoms with Crippen LogP contribution in [0.2, 0.25) is 0 Å². The number of methoxy groups -OCH3 is 2. The van der Waals surface area contributed by atoms with E-state index >= 15 is 0 Å². The van der Waals surface area contributed by atoms with Gasteiger partial charge in [-0.3, -0.25) is 9.78 Å². The van der Waals surface area contributed by atoms with Crippen molar-refractivity contribution in [2.75, 3.05) is 26.5 Å². The third-order valence-corrected chi connectivity index (χ3v) is 5.05. The molecule has 1 unspecified atom stereocenters. The Labute approximate surface area is 143 Å². The normalized spacial score (nSPS) is 17.0. The molecule has 1 aliphatic rings. The van der Waals surface area contributed by atoms with Crippen LogP contribution in [0.1, 0.15) is 21.3 Å². The highest BCUT2D eigenvalue weighted by molar-refractivity contribution is 7.99. The summed E-state index contributed by atoms with van der Waals surface area (Å²) in [4.78, 5) is 18.2. The van der Waals surface area contributed by atoms with E-state index < -0.39 is 5.82 Å². The van der Waals surface area contributed by atoms with Gasteiger partial charge in [-0.1, -0.05) is 0 Å². The van der Waals surface area contributed by atoms with Crippen LogP contribution < -0.4 is 9.47 Å². The first-order valence-electron chi connectivity index (χ1n) is 7.39. The van der Waals surface area contributed by atoms with Crippen molar-refractivity contribution in [3.8, 4) is 11.5 Å². The van der Waals surface area contributed by atoms with Crippen molar-refractivity contribution >= 4 is 17.7 Å². The summed E-state index contributed by atoms with van der Waals surface area (Å²) in [7, 11) is 3.18. The number of amides is 1. The number of hydrogen-bond donors (Lipinski definition) is 0. The van der Waals surface area contributed by atoms with Crippen LogP contribution in [0, 0.1) is 5.82 Å². The van der Waals surface area contributed by atoms with Crippen molar-refractivity contribution in [2.45, 2.75) is 5.37 Å². The maximum absolute atomic E-state index is 13.4. The average molecular weight is 348 g/mol. The van der Waals surface area contributed by atoms with Crippen molar-refractivity contribution in [1.82, 2.24) is 9.88 Å². The number of benzene rings is 1. The van der Waals surface area contributed by atoms with Crippen molar-refractivity contribution in [1.29, 1.82) is 0 Å². The number of nitrogens with zero attached hydrogens (tertiary/aromatic N) is 2. The zero-order valence-electron chi connectivity index (χ0n) is 13.4. The minimum absolute atomic E-state index is 0.217. The minimum atomic E-state index is -0.525. The molecule has 5 nitrogen and oxygen atoms in total. The second-order valence-corrected chi connectivity index (χ2v) is 6.41. The van der Waals surface area contributed by atoms with E-state index in [0.717, 1.165) is 17.5 Å². The Hall–Kier alpha value is -2.28. The summed E-state index contributed by atoms with van der Waals surface area (Å²) < 4.78 is 24.1. The number of rotatable bonds is 4. The lowest BCUT2D eigenvalue weighted by molar-refractivity contribution is 0.0758. The first-order chi connectivity index (χ1) is 11.6. The fourth-order valence-corrected chi connectivity index (χ4v) is 3.93. The molecule has 0 aliphatic carbocycles. The minimum Gasteiger partial charge on any atom is -0.497 e. The van der Waals surface area contributed by atoms with Gasteiger partial charge in [0, 0.05) is 24.1 Å². The molecular formula is C17H17FN2O3S. The summed E-state index contributed by atoms with van der Waals surface area (Å²) in [6, 6.07) is 6.70. The van der Waals surface area contributed by atoms with E-state index in [1.165, 1.54) is 12.3 Å². The first-order valence-corrected chi connectivity index (χ1v) is 8.44. The highest BCUT2D eigenvalue weighted by Crippen LogP contribution is 2.43. The summed E-state index contributed by atoms with van der Waals surface area (Å²) in [5.74, 6) is 1.40. The maximum Gasteiger partial charge on any atom is 0.256 e. The second kappa shape index (κ2) is 7.09. The Morgan fingerprint density at radius 2 is 2.12 bits per heavy atom. The van der Waals surface area contributed by atoms with E-state index in [-0.39, 0.29) is 16.8 Å². The molecule has 1 amide bonds. The standard InChI is InChI=1S/C17H17FN2O3S/c1-22-13-3-4-15(23-2)14(8-13)17-20(5-6-24-17)16(21)11-7-12(18)10-19-9-11/h3-4,7-10,17H,5-6H2,1-2H3. The van der Waals surface area contributed by atoms with E-state index in [1.807, 2.05) is 18.2 Å². The smallest absolute Gasteiger partial charge is 0.256 e. The van der Waals surface area contributed by atoms with Crippen LogP contribution >= 0.6 is 11.8 Å². The predicted molar refractivity (Wildman–Crippen MR) is 90.0 cm³/mol. The molecule has 1 aliphatic heterocycles. The summed E-state index contributed by atoms with van der Waals surface area (Å²) in [6.07, 6.45) is 2.46. The number of carbonyl (C=O) groups excluding carboxylic acids is 1. The van der Waals surface area contributed by atoms with E-state index in [1.54, 1.807) is 30.9 Å². The van der Waals surface area contributed by atoms with Crippen LogP contribution in [0.5, 0.6) is 11.5 Å². The molecule has 0 saturated carbocycles. The number of hydrogen-bond acceptors (Lipinski definition) is 5. The molecule has 7 heteroatoms. The van der Waals surface area contributed by atoms with Crippen molar-refractivity contribution in [2.24, 2.45) is 0 Å². The molecule has 2 aromatic rings. The monoisotopic (exact) mass is 348 g/mol. The Kier molecular flexibility index (Phi) is 4.89. The molecule has 2 heterocycles. The fourth-order valence-electron chi connectivity index (χ4n) is 2.66. The van der Waals surface area contributed by atoms with E-state index in [9.17, 15) is 9.18 Å². The number of aromatic nitrogens is 1. The van der Waals surface area contributed by atoms with Gasteiger partial charge in [-0.05, 0) is 24.3 Å². The topological polar surface area (TPSA) is 51.7 Å². The van der Waals surface area contributed by atoms with E-state index in [2.05, 4.69) is 4.98 Å². The number of ether oxygens (including phenoxy) is 2. The van der Waals surface area contributed by atoms with Gasteiger partial charge in [0.2, 0.25) is 0 Å². The molecule has 1 saturated heterocycles. The van der Waals surface area contributed by atoms with Crippen LogP contribution in [-0.2, 0) is 0 Å². The van der Waals surface area contributed by atoms with Gasteiger partial charge in [0.25, 0.3) is 5.91 Å². The zero-order valence-corrected chi connectivity index (χ0v) is 14.2. The highest BCUT2D eigenvalue weighted by Gasteiger charge is 2.33. The Bertz CT molecular complexity index is 756. The van der Waals surface area contributed by atoms with Gasteiger partial charge in [-0.2, -0.15) is 0 Å². The molecule has 1 aromatic carbocycles. The zero-order chi connectivity index (χ0) is 17.1. The van der Waals surface area contributed by atoms with E-state index in [4.69, 9.17) is 9.47 Å². The van der Waals surface area contributed by atoms with Gasteiger partial charge in [0.1, 0.15) is 22.7 Å². The third kappa shape index (κ3) is 3.17. The molecule has 1 atom stereocenters. The molecule has 24 heavy (non-hydrogen) atoms. The molecule has 0 radical (unpaired) electrons. The van der Waals surface area contributed by atoms with Gasteiger partial charge < -0.3 is 14.4 Å². The van der Waals surface area contributed by atoms with Crippen LogP contribution in [0.25, 0.3) is 0 Å². The molecule has 1 aromatic heterocycles. The molecule has 126 valence electrons. The van der Waals surface area contributed by atoms with Crippen molar-refractivity contribution < 1.29 is 18.7 Å². The second-order valence-electron chi connectivity index (χ2n) is 5.22. The van der Waals surface area contributed by atoms with Crippen molar-refractivity contribution in [3.05, 3.63) is 53.6 Å². The summed E-state index contributed by atoms with van der Waals surface area (Å²) >= 11 is 1.63. The summed E-state index contributed by atoms with van der Waals surface area (Å²) in [6.45, 7) is 0.574. The Morgan fingerprint density at radius 3 is 2.83 bits per heavy atom. The van der Waals surface area contributed by atoms with Crippen LogP contribution in [0.4, 0.5) is 4.39 Å². The maximum atomic E-state index is 13.4. The molecular weight excluding hydrogens is 331 g/mol. The quantitative estimate of drug-likeness (QED) is 0.850. The van der Waals surface area contributed by atoms with Gasteiger partial charge in [-0.25, -0.2) is 4.39 Å². The fraction of sp³-hybridized carbons (Fsp3) is 0.294. The Morgan fingerprint density at radius 1 is 1.29 bits per heavy atom. The van der Waals surface area contributed by atoms with Gasteiger partial charge in [0.15, 0.2) is 0 Å². The van der Waals surface area contributed by atoms with Crippen molar-refractivity contribution in [3.63, 3.8) is 0 Å². The molecule has 3 rings (SSSR count). The number of carbonyl (C=O) groups is 1. The molecule has 0 N–H and O–H groups in total. The average Bonchev–Trinajstić information content (AvgIpc) is 3.10. The van der Waals surface area contributed by atoms with Gasteiger partial charge in [0.05, 0.1) is 26.0 Å². The molecule has 1 fully saturated rings. The Balaban J connectivity index is 1.95.